The number of hydrogen-bond acceptors (Lipinski definition) is 2. The van der Waals surface area contributed by atoms with E-state index in [4.69, 9.17) is 4.42 Å². The molecule has 0 aliphatic carbocycles. The van der Waals surface area contributed by atoms with Crippen molar-refractivity contribution in [1.29, 1.82) is 0 Å². The largest absolute Gasteiger partial charge is 0.456 e. The Labute approximate surface area is 261 Å². The number of fused-ring (bicyclic) bond motifs is 6. The highest BCUT2D eigenvalue weighted by molar-refractivity contribution is 7.25. The zero-order valence-electron chi connectivity index (χ0n) is 24.0. The topological polar surface area (TPSA) is 18.1 Å². The fraction of sp³-hybridized carbons (Fsp3) is 0. The van der Waals surface area contributed by atoms with Crippen LogP contribution in [0.3, 0.4) is 0 Å². The fourth-order valence-electron chi connectivity index (χ4n) is 7.96. The summed E-state index contributed by atoms with van der Waals surface area (Å²) in [6, 6.07) is 51.0. The van der Waals surface area contributed by atoms with Crippen molar-refractivity contribution in [3.63, 3.8) is 0 Å². The molecule has 0 spiro atoms. The van der Waals surface area contributed by atoms with Crippen LogP contribution in [0, 0.1) is 0 Å². The van der Waals surface area contributed by atoms with Gasteiger partial charge in [0.1, 0.15) is 11.2 Å². The highest BCUT2D eigenvalue weighted by Gasteiger charge is 2.23. The molecule has 0 aliphatic heterocycles. The Morgan fingerprint density at radius 2 is 1.09 bits per heavy atom. The molecule has 11 aromatic rings. The summed E-state index contributed by atoms with van der Waals surface area (Å²) in [5, 5.41) is 12.6. The molecular weight excluding hydrogens is 567 g/mol. The Morgan fingerprint density at radius 3 is 1.98 bits per heavy atom. The zero-order chi connectivity index (χ0) is 29.2. The molecule has 0 amide bonds. The van der Waals surface area contributed by atoms with Gasteiger partial charge in [-0.2, -0.15) is 0 Å². The third kappa shape index (κ3) is 3.03. The lowest BCUT2D eigenvalue weighted by Gasteiger charge is -2.11. The van der Waals surface area contributed by atoms with Gasteiger partial charge in [0.25, 0.3) is 0 Å². The Balaban J connectivity index is 1.30. The monoisotopic (exact) mass is 589 g/mol. The van der Waals surface area contributed by atoms with Crippen LogP contribution < -0.4 is 0 Å². The molecule has 0 radical (unpaired) electrons. The predicted octanol–water partition coefficient (Wildman–Crippen LogP) is 12.5. The summed E-state index contributed by atoms with van der Waals surface area (Å²) in [5.41, 5.74) is 7.91. The Hall–Kier alpha value is -5.64. The molecule has 3 heterocycles. The average Bonchev–Trinajstić information content (AvgIpc) is 3.77. The molecule has 3 aromatic heterocycles. The summed E-state index contributed by atoms with van der Waals surface area (Å²) < 4.78 is 11.6. The average molecular weight is 590 g/mol. The van der Waals surface area contributed by atoms with Crippen LogP contribution in [0.4, 0.5) is 0 Å². The first kappa shape index (κ1) is 23.8. The van der Waals surface area contributed by atoms with Crippen LogP contribution >= 0.6 is 11.3 Å². The lowest BCUT2D eigenvalue weighted by Crippen LogP contribution is -1.94. The van der Waals surface area contributed by atoms with Gasteiger partial charge < -0.3 is 8.98 Å². The minimum Gasteiger partial charge on any atom is -0.456 e. The highest BCUT2D eigenvalue weighted by atomic mass is 32.1. The van der Waals surface area contributed by atoms with Crippen molar-refractivity contribution < 1.29 is 4.42 Å². The van der Waals surface area contributed by atoms with E-state index in [-0.39, 0.29) is 0 Å². The number of hydrogen-bond donors (Lipinski definition) is 0. The van der Waals surface area contributed by atoms with E-state index in [0.29, 0.717) is 0 Å². The molecular formula is C42H23NOS. The second-order valence-electron chi connectivity index (χ2n) is 12.0. The van der Waals surface area contributed by atoms with E-state index in [1.807, 2.05) is 11.3 Å². The SMILES string of the molecule is c1cc(-c2cccc3sc4ccccc4c23)cc(-n2c3cccc4c5ccccc5c5cccc6oc7ccc2c(c7c65)c43)c1. The highest BCUT2D eigenvalue weighted by Crippen LogP contribution is 2.47. The number of rotatable bonds is 2. The van der Waals surface area contributed by atoms with Crippen molar-refractivity contribution in [1.82, 2.24) is 4.57 Å². The molecule has 0 atom stereocenters. The molecule has 0 N–H and O–H groups in total. The molecule has 208 valence electrons. The van der Waals surface area contributed by atoms with Crippen LogP contribution in [-0.4, -0.2) is 4.57 Å². The summed E-state index contributed by atoms with van der Waals surface area (Å²) in [7, 11) is 0. The smallest absolute Gasteiger partial charge is 0.136 e. The van der Waals surface area contributed by atoms with Gasteiger partial charge in [0.05, 0.1) is 11.0 Å². The van der Waals surface area contributed by atoms with E-state index < -0.39 is 0 Å². The van der Waals surface area contributed by atoms with Gasteiger partial charge in [0, 0.05) is 47.4 Å². The van der Waals surface area contributed by atoms with Crippen molar-refractivity contribution in [3.05, 3.63) is 140 Å². The van der Waals surface area contributed by atoms with Crippen LogP contribution in [0.1, 0.15) is 0 Å². The molecule has 0 saturated heterocycles. The van der Waals surface area contributed by atoms with Crippen molar-refractivity contribution in [3.8, 4) is 16.8 Å². The quantitative estimate of drug-likeness (QED) is 0.196. The Kier molecular flexibility index (Phi) is 4.49. The van der Waals surface area contributed by atoms with Crippen LogP contribution in [0.5, 0.6) is 0 Å². The lowest BCUT2D eigenvalue weighted by molar-refractivity contribution is 0.669. The van der Waals surface area contributed by atoms with Crippen molar-refractivity contribution >= 4 is 96.8 Å². The Morgan fingerprint density at radius 1 is 0.422 bits per heavy atom. The predicted molar refractivity (Wildman–Crippen MR) is 193 cm³/mol. The van der Waals surface area contributed by atoms with E-state index in [0.717, 1.165) is 16.9 Å². The van der Waals surface area contributed by atoms with Gasteiger partial charge >= 0.3 is 0 Å². The second-order valence-corrected chi connectivity index (χ2v) is 13.1. The standard InChI is InChI=1S/C42H23NOS/c1-2-12-28-27(11-1)29-15-6-17-32-39(29)41-33(21-22-35-42(41)40-30(28)16-7-18-34(40)44-35)43(32)25-10-5-9-24(23-25)26-14-8-20-37-38(26)31-13-3-4-19-36(31)45-37/h1-23H. The first-order valence-electron chi connectivity index (χ1n) is 15.4. The van der Waals surface area contributed by atoms with Gasteiger partial charge in [0.2, 0.25) is 0 Å². The van der Waals surface area contributed by atoms with Crippen LogP contribution in [0.25, 0.3) is 102 Å². The third-order valence-electron chi connectivity index (χ3n) is 9.74. The number of furan rings is 1. The number of thiophene rings is 1. The van der Waals surface area contributed by atoms with Crippen molar-refractivity contribution in [2.24, 2.45) is 0 Å². The number of benzene rings is 7. The molecule has 2 nitrogen and oxygen atoms in total. The molecule has 45 heavy (non-hydrogen) atoms. The van der Waals surface area contributed by atoms with Crippen LogP contribution in [0.15, 0.2) is 144 Å². The summed E-state index contributed by atoms with van der Waals surface area (Å²) >= 11 is 1.87. The summed E-state index contributed by atoms with van der Waals surface area (Å²) in [4.78, 5) is 0. The lowest BCUT2D eigenvalue weighted by atomic mass is 9.95. The maximum Gasteiger partial charge on any atom is 0.136 e. The summed E-state index contributed by atoms with van der Waals surface area (Å²) in [6.45, 7) is 0. The third-order valence-corrected chi connectivity index (χ3v) is 10.9. The van der Waals surface area contributed by atoms with E-state index in [9.17, 15) is 0 Å². The van der Waals surface area contributed by atoms with Gasteiger partial charge in [-0.25, -0.2) is 0 Å². The van der Waals surface area contributed by atoms with E-state index >= 15 is 0 Å². The normalized spacial score (nSPS) is 12.4. The molecule has 0 saturated carbocycles. The maximum absolute atomic E-state index is 6.54. The molecule has 0 unspecified atom stereocenters. The minimum absolute atomic E-state index is 0.933. The fourth-order valence-corrected chi connectivity index (χ4v) is 9.10. The molecule has 0 fully saturated rings. The van der Waals surface area contributed by atoms with Crippen molar-refractivity contribution in [2.45, 2.75) is 0 Å². The first-order chi connectivity index (χ1) is 22.3. The summed E-state index contributed by atoms with van der Waals surface area (Å²) in [6.07, 6.45) is 0. The van der Waals surface area contributed by atoms with Gasteiger partial charge in [-0.3, -0.25) is 0 Å². The number of nitrogens with zero attached hydrogens (tertiary/aromatic N) is 1. The molecule has 8 aromatic carbocycles. The molecule has 0 bridgehead atoms. The van der Waals surface area contributed by atoms with Gasteiger partial charge in [-0.05, 0) is 81.2 Å². The summed E-state index contributed by atoms with van der Waals surface area (Å²) in [5.74, 6) is 0. The van der Waals surface area contributed by atoms with Gasteiger partial charge in [0.15, 0.2) is 0 Å². The zero-order valence-corrected chi connectivity index (χ0v) is 24.9. The molecule has 0 aliphatic rings. The van der Waals surface area contributed by atoms with E-state index in [1.165, 1.54) is 85.4 Å². The minimum atomic E-state index is 0.933. The van der Waals surface area contributed by atoms with E-state index in [2.05, 4.69) is 144 Å². The van der Waals surface area contributed by atoms with Crippen LogP contribution in [0.2, 0.25) is 0 Å². The van der Waals surface area contributed by atoms with E-state index in [1.54, 1.807) is 0 Å². The van der Waals surface area contributed by atoms with Crippen LogP contribution in [-0.2, 0) is 0 Å². The molecule has 3 heteroatoms. The van der Waals surface area contributed by atoms with Crippen molar-refractivity contribution in [2.75, 3.05) is 0 Å². The molecule has 11 rings (SSSR count). The number of aromatic nitrogens is 1. The Bertz CT molecular complexity index is 2990. The second kappa shape index (κ2) is 8.50. The van der Waals surface area contributed by atoms with Gasteiger partial charge in [-0.15, -0.1) is 11.3 Å². The first-order valence-corrected chi connectivity index (χ1v) is 16.2. The maximum atomic E-state index is 6.54. The van der Waals surface area contributed by atoms with Gasteiger partial charge in [-0.1, -0.05) is 91.0 Å².